The van der Waals surface area contributed by atoms with E-state index in [1.807, 2.05) is 17.5 Å². The van der Waals surface area contributed by atoms with Crippen LogP contribution in [0.3, 0.4) is 0 Å². The molecule has 134 valence electrons. The topological polar surface area (TPSA) is 84.5 Å². The molecular formula is C17H20N2O4S2. The lowest BCUT2D eigenvalue weighted by atomic mass is 10.2. The highest BCUT2D eigenvalue weighted by molar-refractivity contribution is 7.89. The molecule has 1 aromatic carbocycles. The molecule has 2 aromatic rings. The number of thiophene rings is 1. The second kappa shape index (κ2) is 7.15. The molecule has 1 aliphatic rings. The number of nitrogens with one attached hydrogen (secondary N) is 2. The van der Waals surface area contributed by atoms with Crippen molar-refractivity contribution in [1.82, 2.24) is 4.72 Å². The standard InChI is InChI=1S/C17H20N2O4S2/c1-11(20)18-14-10-13(7-8-15(14)23-2)25(21,22)19-17(12-5-6-12)16-4-3-9-24-16/h3-4,7-10,12,17,19H,5-6H2,1-2H3,(H,18,20). The van der Waals surface area contributed by atoms with Crippen LogP contribution >= 0.6 is 11.3 Å². The van der Waals surface area contributed by atoms with Crippen LogP contribution < -0.4 is 14.8 Å². The Hall–Kier alpha value is -1.90. The zero-order chi connectivity index (χ0) is 18.0. The van der Waals surface area contributed by atoms with Crippen LogP contribution in [0.1, 0.15) is 30.7 Å². The zero-order valence-corrected chi connectivity index (χ0v) is 15.6. The molecule has 1 amide bonds. The second-order valence-electron chi connectivity index (χ2n) is 6.00. The number of carbonyl (C=O) groups excluding carboxylic acids is 1. The highest BCUT2D eigenvalue weighted by atomic mass is 32.2. The molecule has 8 heteroatoms. The monoisotopic (exact) mass is 380 g/mol. The number of rotatable bonds is 7. The third-order valence-corrected chi connectivity index (χ3v) is 6.41. The van der Waals surface area contributed by atoms with E-state index in [0.717, 1.165) is 17.7 Å². The van der Waals surface area contributed by atoms with Gasteiger partial charge in [-0.15, -0.1) is 11.3 Å². The number of hydrogen-bond donors (Lipinski definition) is 2. The molecular weight excluding hydrogens is 360 g/mol. The molecule has 1 heterocycles. The Morgan fingerprint density at radius 2 is 2.08 bits per heavy atom. The molecule has 0 radical (unpaired) electrons. The number of methoxy groups -OCH3 is 1. The summed E-state index contributed by atoms with van der Waals surface area (Å²) in [6.45, 7) is 1.36. The molecule has 1 saturated carbocycles. The fourth-order valence-corrected chi connectivity index (χ4v) is 4.92. The Bertz CT molecular complexity index is 859. The highest BCUT2D eigenvalue weighted by Gasteiger charge is 2.36. The lowest BCUT2D eigenvalue weighted by Gasteiger charge is -2.18. The van der Waals surface area contributed by atoms with Crippen LogP contribution in [0.15, 0.2) is 40.6 Å². The van der Waals surface area contributed by atoms with Crippen molar-refractivity contribution in [1.29, 1.82) is 0 Å². The van der Waals surface area contributed by atoms with Gasteiger partial charge in [0.2, 0.25) is 15.9 Å². The fourth-order valence-electron chi connectivity index (χ4n) is 2.66. The van der Waals surface area contributed by atoms with Gasteiger partial charge in [-0.3, -0.25) is 4.79 Å². The van der Waals surface area contributed by atoms with E-state index in [4.69, 9.17) is 4.74 Å². The molecule has 1 aromatic heterocycles. The average molecular weight is 380 g/mol. The molecule has 25 heavy (non-hydrogen) atoms. The zero-order valence-electron chi connectivity index (χ0n) is 14.0. The van der Waals surface area contributed by atoms with Gasteiger partial charge < -0.3 is 10.1 Å². The van der Waals surface area contributed by atoms with Crippen molar-refractivity contribution in [2.24, 2.45) is 5.92 Å². The van der Waals surface area contributed by atoms with Gasteiger partial charge >= 0.3 is 0 Å². The van der Waals surface area contributed by atoms with Gasteiger partial charge in [0.1, 0.15) is 5.75 Å². The van der Waals surface area contributed by atoms with Crippen molar-refractivity contribution in [3.63, 3.8) is 0 Å². The Labute approximate surface area is 151 Å². The predicted molar refractivity (Wildman–Crippen MR) is 97.4 cm³/mol. The normalized spacial score (nSPS) is 15.6. The van der Waals surface area contributed by atoms with Crippen LogP contribution in [0.25, 0.3) is 0 Å². The van der Waals surface area contributed by atoms with Crippen molar-refractivity contribution in [2.75, 3.05) is 12.4 Å². The summed E-state index contributed by atoms with van der Waals surface area (Å²) in [6.07, 6.45) is 2.04. The number of carbonyl (C=O) groups is 1. The Morgan fingerprint density at radius 3 is 2.64 bits per heavy atom. The van der Waals surface area contributed by atoms with Crippen molar-refractivity contribution in [3.05, 3.63) is 40.6 Å². The summed E-state index contributed by atoms with van der Waals surface area (Å²) in [6, 6.07) is 8.10. The van der Waals surface area contributed by atoms with Gasteiger partial charge in [0.25, 0.3) is 0 Å². The number of hydrogen-bond acceptors (Lipinski definition) is 5. The molecule has 3 rings (SSSR count). The summed E-state index contributed by atoms with van der Waals surface area (Å²) >= 11 is 1.55. The molecule has 2 N–H and O–H groups in total. The van der Waals surface area contributed by atoms with Gasteiger partial charge in [-0.05, 0) is 48.4 Å². The largest absolute Gasteiger partial charge is 0.495 e. The molecule has 1 atom stereocenters. The maximum atomic E-state index is 12.8. The number of sulfonamides is 1. The van der Waals surface area contributed by atoms with E-state index in [9.17, 15) is 13.2 Å². The molecule has 1 unspecified atom stereocenters. The van der Waals surface area contributed by atoms with Crippen LogP contribution in [-0.2, 0) is 14.8 Å². The molecule has 1 aliphatic carbocycles. The van der Waals surface area contributed by atoms with Crippen molar-refractivity contribution in [2.45, 2.75) is 30.7 Å². The van der Waals surface area contributed by atoms with E-state index in [1.54, 1.807) is 11.3 Å². The summed E-state index contributed by atoms with van der Waals surface area (Å²) in [4.78, 5) is 12.5. The third-order valence-electron chi connectivity index (χ3n) is 4.02. The lowest BCUT2D eigenvalue weighted by Crippen LogP contribution is -2.29. The first-order valence-electron chi connectivity index (χ1n) is 7.92. The first-order chi connectivity index (χ1) is 11.9. The SMILES string of the molecule is COc1ccc(S(=O)(=O)NC(c2cccs2)C2CC2)cc1NC(C)=O. The first-order valence-corrected chi connectivity index (χ1v) is 10.3. The van der Waals surface area contributed by atoms with Gasteiger partial charge in [0.05, 0.1) is 23.7 Å². The van der Waals surface area contributed by atoms with Gasteiger partial charge in [-0.25, -0.2) is 13.1 Å². The maximum absolute atomic E-state index is 12.8. The van der Waals surface area contributed by atoms with Crippen LogP contribution in [0.4, 0.5) is 5.69 Å². The van der Waals surface area contributed by atoms with Crippen molar-refractivity contribution in [3.8, 4) is 5.75 Å². The molecule has 0 bridgehead atoms. The molecule has 0 aliphatic heterocycles. The summed E-state index contributed by atoms with van der Waals surface area (Å²) in [5.41, 5.74) is 0.331. The van der Waals surface area contributed by atoms with Gasteiger partial charge in [0, 0.05) is 11.8 Å². The Morgan fingerprint density at radius 1 is 1.32 bits per heavy atom. The minimum atomic E-state index is -3.72. The Balaban J connectivity index is 1.90. The van der Waals surface area contributed by atoms with Gasteiger partial charge in [0.15, 0.2) is 0 Å². The van der Waals surface area contributed by atoms with Crippen LogP contribution in [-0.4, -0.2) is 21.4 Å². The van der Waals surface area contributed by atoms with Gasteiger partial charge in [-0.1, -0.05) is 6.07 Å². The Kier molecular flexibility index (Phi) is 5.12. The van der Waals surface area contributed by atoms with E-state index in [2.05, 4.69) is 10.0 Å². The summed E-state index contributed by atoms with van der Waals surface area (Å²) in [5, 5.41) is 4.54. The second-order valence-corrected chi connectivity index (χ2v) is 8.69. The third kappa shape index (κ3) is 4.20. The minimum absolute atomic E-state index is 0.0965. The lowest BCUT2D eigenvalue weighted by molar-refractivity contribution is -0.114. The van der Waals surface area contributed by atoms with E-state index < -0.39 is 10.0 Å². The smallest absolute Gasteiger partial charge is 0.241 e. The number of anilines is 1. The van der Waals surface area contributed by atoms with E-state index in [-0.39, 0.29) is 16.8 Å². The molecule has 0 spiro atoms. The van der Waals surface area contributed by atoms with Crippen LogP contribution in [0, 0.1) is 5.92 Å². The number of benzene rings is 1. The van der Waals surface area contributed by atoms with Crippen molar-refractivity contribution < 1.29 is 17.9 Å². The van der Waals surface area contributed by atoms with E-state index >= 15 is 0 Å². The average Bonchev–Trinajstić information content (AvgIpc) is 3.26. The van der Waals surface area contributed by atoms with Crippen LogP contribution in [0.2, 0.25) is 0 Å². The number of ether oxygens (including phenoxy) is 1. The first kappa shape index (κ1) is 17.9. The van der Waals surface area contributed by atoms with E-state index in [1.165, 1.54) is 32.2 Å². The molecule has 6 nitrogen and oxygen atoms in total. The van der Waals surface area contributed by atoms with E-state index in [0.29, 0.717) is 17.4 Å². The van der Waals surface area contributed by atoms with Crippen molar-refractivity contribution >= 4 is 33.0 Å². The number of amides is 1. The summed E-state index contributed by atoms with van der Waals surface area (Å²) < 4.78 is 33.7. The molecule has 1 fully saturated rings. The fraction of sp³-hybridized carbons (Fsp3) is 0.353. The van der Waals surface area contributed by atoms with Gasteiger partial charge in [-0.2, -0.15) is 0 Å². The van der Waals surface area contributed by atoms with Crippen LogP contribution in [0.5, 0.6) is 5.75 Å². The quantitative estimate of drug-likeness (QED) is 0.773. The predicted octanol–water partition coefficient (Wildman–Crippen LogP) is 3.14. The summed E-state index contributed by atoms with van der Waals surface area (Å²) in [5.74, 6) is 0.447. The summed E-state index contributed by atoms with van der Waals surface area (Å²) in [7, 11) is -2.26. The molecule has 0 saturated heterocycles. The maximum Gasteiger partial charge on any atom is 0.241 e. The minimum Gasteiger partial charge on any atom is -0.495 e. The highest BCUT2D eigenvalue weighted by Crippen LogP contribution is 2.43.